The fourth-order valence-corrected chi connectivity index (χ4v) is 0.564. The molecule has 0 fully saturated rings. The van der Waals surface area contributed by atoms with Gasteiger partial charge in [-0.2, -0.15) is 0 Å². The maximum Gasteiger partial charge on any atom is -0.0276 e. The van der Waals surface area contributed by atoms with E-state index in [9.17, 15) is 0 Å². The normalized spacial score (nSPS) is 11.3. The van der Waals surface area contributed by atoms with E-state index < -0.39 is 0 Å². The van der Waals surface area contributed by atoms with Crippen molar-refractivity contribution >= 4 is 0 Å². The zero-order chi connectivity index (χ0) is 7.66. The molecule has 0 nitrogen and oxygen atoms in total. The van der Waals surface area contributed by atoms with Gasteiger partial charge < -0.3 is 0 Å². The van der Waals surface area contributed by atoms with Crippen LogP contribution in [0.2, 0.25) is 0 Å². The van der Waals surface area contributed by atoms with Crippen molar-refractivity contribution in [1.29, 1.82) is 0 Å². The highest BCUT2D eigenvalue weighted by Crippen LogP contribution is 1.93. The van der Waals surface area contributed by atoms with E-state index in [1.54, 1.807) is 6.08 Å². The fraction of sp³-hybridized carbons (Fsp3) is 0.400. The molecule has 0 aliphatic heterocycles. The van der Waals surface area contributed by atoms with E-state index in [1.807, 2.05) is 18.2 Å². The molecule has 0 saturated heterocycles. The summed E-state index contributed by atoms with van der Waals surface area (Å²) >= 11 is 0. The molecule has 0 N–H and O–H groups in total. The predicted molar refractivity (Wildman–Crippen MR) is 46.7 cm³/mol. The van der Waals surface area contributed by atoms with Crippen LogP contribution in [0, 0.1) is 6.08 Å². The molecule has 0 aromatic heterocycles. The first-order valence-electron chi connectivity index (χ1n) is 3.76. The lowest BCUT2D eigenvalue weighted by Crippen LogP contribution is -1.65. The van der Waals surface area contributed by atoms with Gasteiger partial charge in [0.2, 0.25) is 0 Å². The van der Waals surface area contributed by atoms with Gasteiger partial charge in [-0.1, -0.05) is 44.2 Å². The Morgan fingerprint density at radius 2 is 2.20 bits per heavy atom. The van der Waals surface area contributed by atoms with Crippen LogP contribution in [-0.2, 0) is 0 Å². The van der Waals surface area contributed by atoms with Crippen LogP contribution >= 0.6 is 0 Å². The van der Waals surface area contributed by atoms with E-state index in [0.29, 0.717) is 0 Å². The first kappa shape index (κ1) is 9.22. The Bertz CT molecular complexity index is 118. The van der Waals surface area contributed by atoms with E-state index in [0.717, 1.165) is 6.42 Å². The Labute approximate surface area is 64.0 Å². The Kier molecular flexibility index (Phi) is 7.58. The highest BCUT2D eigenvalue weighted by molar-refractivity contribution is 5.06. The van der Waals surface area contributed by atoms with Gasteiger partial charge in [-0.3, -0.25) is 0 Å². The van der Waals surface area contributed by atoms with Gasteiger partial charge in [0.15, 0.2) is 0 Å². The summed E-state index contributed by atoms with van der Waals surface area (Å²) in [6.45, 7) is 5.74. The van der Waals surface area contributed by atoms with Gasteiger partial charge in [0.25, 0.3) is 0 Å². The van der Waals surface area contributed by atoms with Crippen LogP contribution in [0.1, 0.15) is 26.2 Å². The van der Waals surface area contributed by atoms with Crippen LogP contribution in [-0.4, -0.2) is 0 Å². The van der Waals surface area contributed by atoms with Crippen molar-refractivity contribution in [2.45, 2.75) is 26.2 Å². The fourth-order valence-electron chi connectivity index (χ4n) is 0.564. The summed E-state index contributed by atoms with van der Waals surface area (Å²) < 4.78 is 0. The second kappa shape index (κ2) is 8.22. The molecule has 0 amide bonds. The molecular formula is C10H15. The maximum absolute atomic E-state index is 3.56. The molecule has 0 spiro atoms. The van der Waals surface area contributed by atoms with E-state index in [4.69, 9.17) is 0 Å². The van der Waals surface area contributed by atoms with E-state index in [2.05, 4.69) is 19.6 Å². The molecule has 0 aliphatic rings. The zero-order valence-electron chi connectivity index (χ0n) is 6.64. The first-order chi connectivity index (χ1) is 4.91. The zero-order valence-corrected chi connectivity index (χ0v) is 6.64. The quantitative estimate of drug-likeness (QED) is 0.401. The van der Waals surface area contributed by atoms with Gasteiger partial charge in [-0.15, -0.1) is 0 Å². The van der Waals surface area contributed by atoms with Crippen molar-refractivity contribution in [1.82, 2.24) is 0 Å². The second-order valence-corrected chi connectivity index (χ2v) is 2.09. The highest BCUT2D eigenvalue weighted by Gasteiger charge is 1.75. The summed E-state index contributed by atoms with van der Waals surface area (Å²) in [5, 5.41) is 0. The number of hydrogen-bond acceptors (Lipinski definition) is 0. The minimum atomic E-state index is 1.07. The van der Waals surface area contributed by atoms with Gasteiger partial charge in [0.1, 0.15) is 0 Å². The van der Waals surface area contributed by atoms with Crippen LogP contribution in [0.3, 0.4) is 0 Å². The van der Waals surface area contributed by atoms with Crippen molar-refractivity contribution in [2.24, 2.45) is 0 Å². The number of unbranched alkanes of at least 4 members (excludes halogenated alkanes) is 2. The molecule has 0 aromatic rings. The summed E-state index contributed by atoms with van der Waals surface area (Å²) in [4.78, 5) is 0. The molecular weight excluding hydrogens is 120 g/mol. The minimum absolute atomic E-state index is 1.07. The van der Waals surface area contributed by atoms with E-state index >= 15 is 0 Å². The molecule has 0 saturated carbocycles. The smallest absolute Gasteiger partial charge is 0.0276 e. The average Bonchev–Trinajstić information content (AvgIpc) is 1.97. The van der Waals surface area contributed by atoms with E-state index in [1.165, 1.54) is 12.8 Å². The van der Waals surface area contributed by atoms with Gasteiger partial charge in [-0.25, -0.2) is 0 Å². The van der Waals surface area contributed by atoms with Crippen molar-refractivity contribution < 1.29 is 0 Å². The molecule has 1 radical (unpaired) electrons. The Morgan fingerprint density at radius 3 is 2.80 bits per heavy atom. The summed E-state index contributed by atoms with van der Waals surface area (Å²) in [5.41, 5.74) is 0. The summed E-state index contributed by atoms with van der Waals surface area (Å²) in [6.07, 6.45) is 14.3. The maximum atomic E-state index is 3.56. The third kappa shape index (κ3) is 7.22. The van der Waals surface area contributed by atoms with Crippen molar-refractivity contribution in [3.05, 3.63) is 37.0 Å². The largest absolute Gasteiger partial charge is 0.0991 e. The SMILES string of the molecule is C=CC=C/C=[C]/CCCC. The average molecular weight is 135 g/mol. The van der Waals surface area contributed by atoms with Crippen LogP contribution in [0.4, 0.5) is 0 Å². The summed E-state index contributed by atoms with van der Waals surface area (Å²) in [7, 11) is 0. The highest BCUT2D eigenvalue weighted by atomic mass is 13.8. The molecule has 0 heteroatoms. The Balaban J connectivity index is 3.19. The van der Waals surface area contributed by atoms with Gasteiger partial charge >= 0.3 is 0 Å². The minimum Gasteiger partial charge on any atom is -0.0991 e. The van der Waals surface area contributed by atoms with E-state index in [-0.39, 0.29) is 0 Å². The van der Waals surface area contributed by atoms with Crippen LogP contribution in [0.15, 0.2) is 30.9 Å². The van der Waals surface area contributed by atoms with Gasteiger partial charge in [0, 0.05) is 0 Å². The second-order valence-electron chi connectivity index (χ2n) is 2.09. The summed E-state index contributed by atoms with van der Waals surface area (Å²) in [6, 6.07) is 0. The van der Waals surface area contributed by atoms with Crippen molar-refractivity contribution in [3.8, 4) is 0 Å². The van der Waals surface area contributed by atoms with Crippen LogP contribution in [0.5, 0.6) is 0 Å². The Hall–Kier alpha value is -0.780. The molecule has 0 heterocycles. The molecule has 55 valence electrons. The standard InChI is InChI=1S/C10H15/c1-3-5-7-9-10-8-6-4-2/h3,5,7,9H,1,4,6,8H2,2H3. The van der Waals surface area contributed by atoms with Gasteiger partial charge in [0.05, 0.1) is 0 Å². The lowest BCUT2D eigenvalue weighted by molar-refractivity contribution is 0.804. The lowest BCUT2D eigenvalue weighted by atomic mass is 10.2. The van der Waals surface area contributed by atoms with Gasteiger partial charge in [-0.05, 0) is 18.9 Å². The molecule has 10 heavy (non-hydrogen) atoms. The summed E-state index contributed by atoms with van der Waals surface area (Å²) in [5.74, 6) is 0. The molecule has 0 aliphatic carbocycles. The van der Waals surface area contributed by atoms with Crippen LogP contribution < -0.4 is 0 Å². The monoisotopic (exact) mass is 135 g/mol. The topological polar surface area (TPSA) is 0 Å². The molecule has 0 bridgehead atoms. The molecule has 0 rings (SSSR count). The molecule has 0 atom stereocenters. The third-order valence-electron chi connectivity index (χ3n) is 1.14. The Morgan fingerprint density at radius 1 is 1.40 bits per heavy atom. The number of allylic oxidation sites excluding steroid dienone is 5. The molecule has 0 unspecified atom stereocenters. The lowest BCUT2D eigenvalue weighted by Gasteiger charge is -1.83. The molecule has 0 aromatic carbocycles. The predicted octanol–water partition coefficient (Wildman–Crippen LogP) is 3.28. The van der Waals surface area contributed by atoms with Crippen molar-refractivity contribution in [3.63, 3.8) is 0 Å². The first-order valence-corrected chi connectivity index (χ1v) is 3.76. The number of rotatable bonds is 5. The van der Waals surface area contributed by atoms with Crippen molar-refractivity contribution in [2.75, 3.05) is 0 Å². The number of hydrogen-bond donors (Lipinski definition) is 0. The van der Waals surface area contributed by atoms with Crippen LogP contribution in [0.25, 0.3) is 0 Å². The third-order valence-corrected chi connectivity index (χ3v) is 1.14.